The van der Waals surface area contributed by atoms with Gasteiger partial charge in [0.1, 0.15) is 0 Å². The molecule has 2 unspecified atom stereocenters. The van der Waals surface area contributed by atoms with Crippen molar-refractivity contribution in [1.29, 1.82) is 0 Å². The van der Waals surface area contributed by atoms with Gasteiger partial charge in [-0.1, -0.05) is 31.2 Å². The number of nitrogens with one attached hydrogen (secondary N) is 1. The Morgan fingerprint density at radius 3 is 3.00 bits per heavy atom. The van der Waals surface area contributed by atoms with E-state index in [9.17, 15) is 0 Å². The number of rotatable bonds is 7. The molecule has 1 aromatic carbocycles. The summed E-state index contributed by atoms with van der Waals surface area (Å²) < 4.78 is 11.3. The molecular weight excluding hydrogens is 264 g/mol. The Morgan fingerprint density at radius 2 is 2.29 bits per heavy atom. The van der Waals surface area contributed by atoms with E-state index < -0.39 is 0 Å². The summed E-state index contributed by atoms with van der Waals surface area (Å²) in [6, 6.07) is 9.04. The van der Waals surface area contributed by atoms with E-state index in [0.29, 0.717) is 12.6 Å². The highest BCUT2D eigenvalue weighted by atomic mass is 16.5. The molecule has 2 atom stereocenters. The molecule has 118 valence electrons. The van der Waals surface area contributed by atoms with E-state index in [1.54, 1.807) is 7.11 Å². The van der Waals surface area contributed by atoms with Crippen LogP contribution >= 0.6 is 0 Å². The van der Waals surface area contributed by atoms with E-state index in [2.05, 4.69) is 41.4 Å². The van der Waals surface area contributed by atoms with Gasteiger partial charge in [0.15, 0.2) is 0 Å². The fraction of sp³-hybridized carbons (Fsp3) is 0.647. The zero-order valence-electron chi connectivity index (χ0n) is 13.5. The highest BCUT2D eigenvalue weighted by Gasteiger charge is 2.32. The first-order chi connectivity index (χ1) is 10.3. The zero-order chi connectivity index (χ0) is 15.1. The Balaban J connectivity index is 2.25. The van der Waals surface area contributed by atoms with Gasteiger partial charge in [0.05, 0.1) is 25.4 Å². The summed E-state index contributed by atoms with van der Waals surface area (Å²) in [4.78, 5) is 2.55. The molecule has 1 fully saturated rings. The van der Waals surface area contributed by atoms with Crippen LogP contribution in [0.5, 0.6) is 0 Å². The molecule has 0 bridgehead atoms. The Hall–Kier alpha value is -0.940. The Kier molecular flexibility index (Phi) is 6.64. The van der Waals surface area contributed by atoms with Crippen molar-refractivity contribution in [3.63, 3.8) is 0 Å². The smallest absolute Gasteiger partial charge is 0.0896 e. The number of benzene rings is 1. The molecule has 2 rings (SSSR count). The predicted molar refractivity (Wildman–Crippen MR) is 85.4 cm³/mol. The summed E-state index contributed by atoms with van der Waals surface area (Å²) in [7, 11) is 3.73. The van der Waals surface area contributed by atoms with Gasteiger partial charge in [-0.3, -0.25) is 4.90 Å². The van der Waals surface area contributed by atoms with Crippen molar-refractivity contribution in [3.05, 3.63) is 35.4 Å². The lowest BCUT2D eigenvalue weighted by Gasteiger charge is -2.41. The zero-order valence-corrected chi connectivity index (χ0v) is 13.5. The molecule has 1 aliphatic heterocycles. The average molecular weight is 292 g/mol. The number of hydrogen-bond donors (Lipinski definition) is 1. The van der Waals surface area contributed by atoms with E-state index in [1.807, 2.05) is 7.05 Å². The number of nitrogens with zero attached hydrogens (tertiary/aromatic N) is 1. The Labute approximate surface area is 128 Å². The molecule has 0 amide bonds. The summed E-state index contributed by atoms with van der Waals surface area (Å²) in [5, 5.41) is 3.26. The largest absolute Gasteiger partial charge is 0.380 e. The molecular formula is C17H28N2O2. The minimum atomic E-state index is 0.202. The molecule has 4 nitrogen and oxygen atoms in total. The summed E-state index contributed by atoms with van der Waals surface area (Å²) in [6.45, 7) is 6.71. The van der Waals surface area contributed by atoms with Crippen LogP contribution in [0.25, 0.3) is 0 Å². The van der Waals surface area contributed by atoms with Crippen molar-refractivity contribution < 1.29 is 9.47 Å². The SMILES string of the molecule is CCCN1CCOC(CNC)C1c1cccc(COC)c1. The topological polar surface area (TPSA) is 33.7 Å². The number of ether oxygens (including phenoxy) is 2. The Bertz CT molecular complexity index is 407. The number of methoxy groups -OCH3 is 1. The van der Waals surface area contributed by atoms with Gasteiger partial charge in [-0.2, -0.15) is 0 Å². The van der Waals surface area contributed by atoms with Crippen LogP contribution in [0, 0.1) is 0 Å². The average Bonchev–Trinajstić information content (AvgIpc) is 2.49. The van der Waals surface area contributed by atoms with Crippen LogP contribution in [0.15, 0.2) is 24.3 Å². The molecule has 4 heteroatoms. The van der Waals surface area contributed by atoms with Crippen molar-refractivity contribution in [2.24, 2.45) is 0 Å². The van der Waals surface area contributed by atoms with Gasteiger partial charge in [-0.25, -0.2) is 0 Å². The lowest BCUT2D eigenvalue weighted by Crippen LogP contribution is -2.48. The third-order valence-electron chi connectivity index (χ3n) is 3.98. The van der Waals surface area contributed by atoms with Gasteiger partial charge in [-0.05, 0) is 31.1 Å². The van der Waals surface area contributed by atoms with Crippen molar-refractivity contribution in [3.8, 4) is 0 Å². The van der Waals surface area contributed by atoms with Crippen LogP contribution in [-0.2, 0) is 16.1 Å². The second-order valence-electron chi connectivity index (χ2n) is 5.63. The second-order valence-corrected chi connectivity index (χ2v) is 5.63. The number of morpholine rings is 1. The van der Waals surface area contributed by atoms with Gasteiger partial charge in [-0.15, -0.1) is 0 Å². The number of likely N-dealkylation sites (N-methyl/N-ethyl adjacent to an activating group) is 1. The minimum Gasteiger partial charge on any atom is -0.380 e. The molecule has 1 N–H and O–H groups in total. The third-order valence-corrected chi connectivity index (χ3v) is 3.98. The molecule has 1 heterocycles. The van der Waals surface area contributed by atoms with E-state index in [0.717, 1.165) is 26.2 Å². The van der Waals surface area contributed by atoms with Crippen LogP contribution in [0.4, 0.5) is 0 Å². The minimum absolute atomic E-state index is 0.202. The summed E-state index contributed by atoms with van der Waals surface area (Å²) in [5.41, 5.74) is 2.55. The molecule has 0 saturated carbocycles. The molecule has 21 heavy (non-hydrogen) atoms. The van der Waals surface area contributed by atoms with Gasteiger partial charge < -0.3 is 14.8 Å². The first-order valence-electron chi connectivity index (χ1n) is 7.88. The first kappa shape index (κ1) is 16.4. The van der Waals surface area contributed by atoms with Crippen molar-refractivity contribution in [2.75, 3.05) is 40.4 Å². The molecule has 0 aliphatic carbocycles. The molecule has 1 aliphatic rings. The fourth-order valence-electron chi connectivity index (χ4n) is 3.16. The molecule has 0 radical (unpaired) electrons. The Morgan fingerprint density at radius 1 is 1.43 bits per heavy atom. The first-order valence-corrected chi connectivity index (χ1v) is 7.88. The van der Waals surface area contributed by atoms with E-state index >= 15 is 0 Å². The molecule has 1 saturated heterocycles. The van der Waals surface area contributed by atoms with Crippen molar-refractivity contribution in [2.45, 2.75) is 32.1 Å². The van der Waals surface area contributed by atoms with Crippen molar-refractivity contribution >= 4 is 0 Å². The standard InChI is InChI=1S/C17H28N2O2/c1-4-8-19-9-10-21-16(12-18-2)17(19)15-7-5-6-14(11-15)13-20-3/h5-7,11,16-18H,4,8-10,12-13H2,1-3H3. The second kappa shape index (κ2) is 8.49. The summed E-state index contributed by atoms with van der Waals surface area (Å²) in [6.07, 6.45) is 1.37. The van der Waals surface area contributed by atoms with E-state index in [1.165, 1.54) is 17.5 Å². The highest BCUT2D eigenvalue weighted by Crippen LogP contribution is 2.30. The van der Waals surface area contributed by atoms with Crippen LogP contribution in [0.2, 0.25) is 0 Å². The molecule has 0 spiro atoms. The number of hydrogen-bond acceptors (Lipinski definition) is 4. The third kappa shape index (κ3) is 4.27. The van der Waals surface area contributed by atoms with Crippen LogP contribution < -0.4 is 5.32 Å². The highest BCUT2D eigenvalue weighted by molar-refractivity contribution is 5.27. The summed E-state index contributed by atoms with van der Waals surface area (Å²) >= 11 is 0. The lowest BCUT2D eigenvalue weighted by molar-refractivity contribution is -0.0704. The van der Waals surface area contributed by atoms with Crippen LogP contribution in [0.3, 0.4) is 0 Å². The molecule has 1 aromatic rings. The van der Waals surface area contributed by atoms with Gasteiger partial charge in [0.25, 0.3) is 0 Å². The fourth-order valence-corrected chi connectivity index (χ4v) is 3.16. The maximum absolute atomic E-state index is 6.03. The van der Waals surface area contributed by atoms with Crippen molar-refractivity contribution in [1.82, 2.24) is 10.2 Å². The van der Waals surface area contributed by atoms with Gasteiger partial charge >= 0.3 is 0 Å². The maximum atomic E-state index is 6.03. The maximum Gasteiger partial charge on any atom is 0.0896 e. The molecule has 0 aromatic heterocycles. The quantitative estimate of drug-likeness (QED) is 0.835. The van der Waals surface area contributed by atoms with Crippen LogP contribution in [0.1, 0.15) is 30.5 Å². The van der Waals surface area contributed by atoms with Gasteiger partial charge in [0, 0.05) is 20.2 Å². The van der Waals surface area contributed by atoms with E-state index in [-0.39, 0.29) is 6.10 Å². The predicted octanol–water partition coefficient (Wildman–Crippen LogP) is 2.20. The van der Waals surface area contributed by atoms with E-state index in [4.69, 9.17) is 9.47 Å². The lowest BCUT2D eigenvalue weighted by atomic mass is 9.96. The van der Waals surface area contributed by atoms with Crippen LogP contribution in [-0.4, -0.2) is 51.4 Å². The van der Waals surface area contributed by atoms with Gasteiger partial charge in [0.2, 0.25) is 0 Å². The monoisotopic (exact) mass is 292 g/mol. The summed E-state index contributed by atoms with van der Waals surface area (Å²) in [5.74, 6) is 0. The normalized spacial score (nSPS) is 23.4.